The first-order chi connectivity index (χ1) is 9.08. The molecule has 19 heavy (non-hydrogen) atoms. The minimum atomic E-state index is -0.479. The molecule has 0 heterocycles. The van der Waals surface area contributed by atoms with Gasteiger partial charge in [0.2, 0.25) is 0 Å². The molecular formula is C11H13Br2N3O3. The van der Waals surface area contributed by atoms with Crippen LogP contribution < -0.4 is 5.32 Å². The zero-order chi connectivity index (χ0) is 14.3. The van der Waals surface area contributed by atoms with Crippen LogP contribution in [-0.2, 0) is 0 Å². The average molecular weight is 395 g/mol. The molecule has 0 fully saturated rings. The summed E-state index contributed by atoms with van der Waals surface area (Å²) in [4.78, 5) is 23.6. The van der Waals surface area contributed by atoms with Crippen LogP contribution in [0.5, 0.6) is 0 Å². The predicted molar refractivity (Wildman–Crippen MR) is 81.3 cm³/mol. The van der Waals surface area contributed by atoms with E-state index in [4.69, 9.17) is 0 Å². The number of nitrogens with zero attached hydrogens (tertiary/aromatic N) is 2. The molecule has 1 rings (SSSR count). The maximum absolute atomic E-state index is 12.0. The molecule has 0 aliphatic rings. The Hall–Kier alpha value is -1.15. The molecule has 0 aliphatic heterocycles. The van der Waals surface area contributed by atoms with Gasteiger partial charge in [-0.05, 0) is 12.1 Å². The number of anilines is 1. The zero-order valence-corrected chi connectivity index (χ0v) is 13.2. The van der Waals surface area contributed by atoms with Gasteiger partial charge in [0.25, 0.3) is 5.69 Å². The fourth-order valence-electron chi connectivity index (χ4n) is 1.39. The molecule has 0 radical (unpaired) electrons. The van der Waals surface area contributed by atoms with Gasteiger partial charge in [-0.15, -0.1) is 0 Å². The molecule has 1 aromatic rings. The van der Waals surface area contributed by atoms with E-state index in [1.165, 1.54) is 24.3 Å². The summed E-state index contributed by atoms with van der Waals surface area (Å²) in [6.07, 6.45) is 0. The molecule has 0 aliphatic carbocycles. The highest BCUT2D eigenvalue weighted by Crippen LogP contribution is 2.15. The molecule has 0 unspecified atom stereocenters. The van der Waals surface area contributed by atoms with E-state index in [2.05, 4.69) is 37.2 Å². The number of nitro groups is 1. The highest BCUT2D eigenvalue weighted by molar-refractivity contribution is 9.09. The number of hydrogen-bond acceptors (Lipinski definition) is 3. The van der Waals surface area contributed by atoms with Crippen molar-refractivity contribution in [2.75, 3.05) is 29.1 Å². The number of amides is 2. The summed E-state index contributed by atoms with van der Waals surface area (Å²) in [5.74, 6) is 0. The van der Waals surface area contributed by atoms with Gasteiger partial charge in [0, 0.05) is 41.6 Å². The van der Waals surface area contributed by atoms with Crippen molar-refractivity contribution < 1.29 is 9.72 Å². The van der Waals surface area contributed by atoms with E-state index < -0.39 is 4.92 Å². The fraction of sp³-hybridized carbons (Fsp3) is 0.364. The summed E-state index contributed by atoms with van der Waals surface area (Å²) in [5.41, 5.74) is 0.528. The molecule has 1 aromatic carbocycles. The third kappa shape index (κ3) is 5.15. The van der Waals surface area contributed by atoms with Crippen molar-refractivity contribution >= 4 is 49.3 Å². The van der Waals surface area contributed by atoms with E-state index in [1.807, 2.05) is 0 Å². The van der Waals surface area contributed by atoms with Crippen LogP contribution in [-0.4, -0.2) is 39.6 Å². The lowest BCUT2D eigenvalue weighted by Gasteiger charge is -2.21. The molecule has 2 amide bonds. The number of benzene rings is 1. The molecule has 104 valence electrons. The number of hydrogen-bond donors (Lipinski definition) is 1. The first-order valence-electron chi connectivity index (χ1n) is 5.50. The molecule has 0 saturated heterocycles. The van der Waals surface area contributed by atoms with Crippen LogP contribution >= 0.6 is 31.9 Å². The van der Waals surface area contributed by atoms with E-state index in [1.54, 1.807) is 4.90 Å². The Morgan fingerprint density at radius 1 is 1.21 bits per heavy atom. The Balaban J connectivity index is 2.66. The van der Waals surface area contributed by atoms with Gasteiger partial charge in [0.15, 0.2) is 0 Å². The van der Waals surface area contributed by atoms with Crippen LogP contribution in [0.25, 0.3) is 0 Å². The second-order valence-electron chi connectivity index (χ2n) is 3.60. The van der Waals surface area contributed by atoms with Gasteiger partial charge in [0.1, 0.15) is 0 Å². The summed E-state index contributed by atoms with van der Waals surface area (Å²) in [6, 6.07) is 5.50. The summed E-state index contributed by atoms with van der Waals surface area (Å²) in [6.45, 7) is 1.18. The number of halogens is 2. The van der Waals surface area contributed by atoms with Crippen LogP contribution in [0, 0.1) is 10.1 Å². The van der Waals surface area contributed by atoms with E-state index >= 15 is 0 Å². The van der Waals surface area contributed by atoms with Crippen molar-refractivity contribution in [1.82, 2.24) is 4.90 Å². The van der Waals surface area contributed by atoms with Crippen molar-refractivity contribution in [2.24, 2.45) is 0 Å². The maximum atomic E-state index is 12.0. The predicted octanol–water partition coefficient (Wildman–Crippen LogP) is 3.22. The molecule has 0 saturated carbocycles. The average Bonchev–Trinajstić information content (AvgIpc) is 2.39. The van der Waals surface area contributed by atoms with Crippen molar-refractivity contribution in [3.63, 3.8) is 0 Å². The molecule has 0 bridgehead atoms. The first kappa shape index (κ1) is 15.9. The Labute approximate surface area is 127 Å². The normalized spacial score (nSPS) is 10.0. The number of carbonyl (C=O) groups excluding carboxylic acids is 1. The molecular weight excluding hydrogens is 382 g/mol. The Morgan fingerprint density at radius 2 is 1.74 bits per heavy atom. The third-order valence-electron chi connectivity index (χ3n) is 2.33. The number of carbonyl (C=O) groups is 1. The minimum Gasteiger partial charge on any atom is -0.323 e. The number of rotatable bonds is 6. The van der Waals surface area contributed by atoms with Crippen molar-refractivity contribution in [2.45, 2.75) is 0 Å². The standard InChI is InChI=1S/C11H13Br2N3O3/c12-5-7-15(8-6-13)11(17)14-9-1-3-10(4-2-9)16(18)19/h1-4H,5-8H2,(H,14,17). The fourth-order valence-corrected chi connectivity index (χ4v) is 2.24. The number of urea groups is 1. The Kier molecular flexibility index (Phi) is 6.79. The zero-order valence-electron chi connectivity index (χ0n) is 10.0. The van der Waals surface area contributed by atoms with Crippen molar-refractivity contribution in [3.05, 3.63) is 34.4 Å². The van der Waals surface area contributed by atoms with Crippen molar-refractivity contribution in [1.29, 1.82) is 0 Å². The summed E-state index contributed by atoms with van der Waals surface area (Å²) < 4.78 is 0. The van der Waals surface area contributed by atoms with Crippen LogP contribution in [0.15, 0.2) is 24.3 Å². The van der Waals surface area contributed by atoms with Gasteiger partial charge in [-0.1, -0.05) is 31.9 Å². The second kappa shape index (κ2) is 8.11. The van der Waals surface area contributed by atoms with Gasteiger partial charge in [-0.2, -0.15) is 0 Å². The largest absolute Gasteiger partial charge is 0.323 e. The molecule has 0 atom stereocenters. The second-order valence-corrected chi connectivity index (χ2v) is 5.19. The number of alkyl halides is 2. The lowest BCUT2D eigenvalue weighted by molar-refractivity contribution is -0.384. The minimum absolute atomic E-state index is 0.00392. The summed E-state index contributed by atoms with van der Waals surface area (Å²) >= 11 is 6.57. The van der Waals surface area contributed by atoms with Gasteiger partial charge >= 0.3 is 6.03 Å². The molecule has 6 nitrogen and oxygen atoms in total. The lowest BCUT2D eigenvalue weighted by Crippen LogP contribution is -2.37. The van der Waals surface area contributed by atoms with Gasteiger partial charge in [-0.3, -0.25) is 10.1 Å². The van der Waals surface area contributed by atoms with E-state index in [0.717, 1.165) is 0 Å². The Morgan fingerprint density at radius 3 is 2.16 bits per heavy atom. The highest BCUT2D eigenvalue weighted by atomic mass is 79.9. The SMILES string of the molecule is O=C(Nc1ccc([N+](=O)[O-])cc1)N(CCBr)CCBr. The van der Waals surface area contributed by atoms with Crippen LogP contribution in [0.3, 0.4) is 0 Å². The van der Waals surface area contributed by atoms with E-state index in [9.17, 15) is 14.9 Å². The summed E-state index contributed by atoms with van der Waals surface area (Å²) in [7, 11) is 0. The monoisotopic (exact) mass is 393 g/mol. The van der Waals surface area contributed by atoms with Gasteiger partial charge < -0.3 is 10.2 Å². The van der Waals surface area contributed by atoms with Gasteiger partial charge in [-0.25, -0.2) is 4.79 Å². The van der Waals surface area contributed by atoms with Gasteiger partial charge in [0.05, 0.1) is 4.92 Å². The number of nitrogens with one attached hydrogen (secondary N) is 1. The molecule has 1 N–H and O–H groups in total. The first-order valence-corrected chi connectivity index (χ1v) is 7.75. The molecule has 0 aromatic heterocycles. The van der Waals surface area contributed by atoms with E-state index in [0.29, 0.717) is 29.4 Å². The van der Waals surface area contributed by atoms with Crippen molar-refractivity contribution in [3.8, 4) is 0 Å². The quantitative estimate of drug-likeness (QED) is 0.457. The van der Waals surface area contributed by atoms with Crippen LogP contribution in [0.2, 0.25) is 0 Å². The number of nitro benzene ring substituents is 1. The smallest absolute Gasteiger partial charge is 0.321 e. The number of non-ortho nitro benzene ring substituents is 1. The van der Waals surface area contributed by atoms with E-state index in [-0.39, 0.29) is 11.7 Å². The summed E-state index contributed by atoms with van der Waals surface area (Å²) in [5, 5.41) is 14.6. The topological polar surface area (TPSA) is 75.5 Å². The lowest BCUT2D eigenvalue weighted by atomic mass is 10.3. The third-order valence-corrected chi connectivity index (χ3v) is 3.03. The van der Waals surface area contributed by atoms with Crippen LogP contribution in [0.1, 0.15) is 0 Å². The molecule has 0 spiro atoms. The Bertz CT molecular complexity index is 433. The van der Waals surface area contributed by atoms with Crippen LogP contribution in [0.4, 0.5) is 16.2 Å². The highest BCUT2D eigenvalue weighted by Gasteiger charge is 2.12. The molecule has 8 heteroatoms. The maximum Gasteiger partial charge on any atom is 0.321 e.